The summed E-state index contributed by atoms with van der Waals surface area (Å²) in [7, 11) is 0. The van der Waals surface area contributed by atoms with Crippen molar-refractivity contribution in [1.29, 1.82) is 0 Å². The molecule has 0 aromatic rings. The molecule has 104 valence electrons. The first-order valence-corrected chi connectivity index (χ1v) is 7.54. The molecule has 0 aromatic carbocycles. The third kappa shape index (κ3) is 4.48. The zero-order valence-electron chi connectivity index (χ0n) is 11.5. The van der Waals surface area contributed by atoms with E-state index in [1.807, 2.05) is 0 Å². The molecule has 1 aliphatic heterocycles. The second-order valence-corrected chi connectivity index (χ2v) is 5.88. The van der Waals surface area contributed by atoms with Crippen molar-refractivity contribution >= 4 is 6.03 Å². The largest absolute Gasteiger partial charge is 0.337 e. The fourth-order valence-corrected chi connectivity index (χ4v) is 3.10. The first-order valence-electron chi connectivity index (χ1n) is 7.54. The van der Waals surface area contributed by atoms with Crippen LogP contribution in [-0.2, 0) is 0 Å². The lowest BCUT2D eigenvalue weighted by atomic mass is 9.96. The molecule has 1 saturated heterocycles. The number of nitrogens with one attached hydrogen (secondary N) is 3. The molecular weight excluding hydrogens is 226 g/mol. The number of hydrogen-bond acceptors (Lipinski definition) is 2. The Bertz CT molecular complexity index is 264. The number of hydrogen-bond donors (Lipinski definition) is 3. The first kappa shape index (κ1) is 13.7. The van der Waals surface area contributed by atoms with Crippen LogP contribution in [0.25, 0.3) is 0 Å². The van der Waals surface area contributed by atoms with Crippen molar-refractivity contribution in [3.8, 4) is 0 Å². The standard InChI is InChI=1S/C14H27N3O/c1-11-6-5-9-13(16-11)10-15-14(18)17-12-7-3-2-4-8-12/h11-13,16H,2-10H2,1H3,(H2,15,17,18). The summed E-state index contributed by atoms with van der Waals surface area (Å²) in [5.74, 6) is 0. The molecule has 4 nitrogen and oxygen atoms in total. The Balaban J connectivity index is 1.61. The fourth-order valence-electron chi connectivity index (χ4n) is 3.10. The maximum atomic E-state index is 11.8. The van der Waals surface area contributed by atoms with Gasteiger partial charge in [0.05, 0.1) is 0 Å². The number of piperidine rings is 1. The predicted octanol–water partition coefficient (Wildman–Crippen LogP) is 2.15. The minimum atomic E-state index is 0.0157. The van der Waals surface area contributed by atoms with Gasteiger partial charge in [0.25, 0.3) is 0 Å². The summed E-state index contributed by atoms with van der Waals surface area (Å²) in [4.78, 5) is 11.8. The third-order valence-electron chi connectivity index (χ3n) is 4.16. The Morgan fingerprint density at radius 3 is 2.61 bits per heavy atom. The Kier molecular flexibility index (Phi) is 5.29. The van der Waals surface area contributed by atoms with Gasteiger partial charge < -0.3 is 16.0 Å². The van der Waals surface area contributed by atoms with Crippen molar-refractivity contribution in [3.05, 3.63) is 0 Å². The Labute approximate surface area is 110 Å². The van der Waals surface area contributed by atoms with Gasteiger partial charge in [-0.2, -0.15) is 0 Å². The average molecular weight is 253 g/mol. The average Bonchev–Trinajstić information content (AvgIpc) is 2.38. The van der Waals surface area contributed by atoms with Crippen LogP contribution in [-0.4, -0.2) is 30.7 Å². The molecule has 2 amide bonds. The molecule has 2 atom stereocenters. The van der Waals surface area contributed by atoms with Crippen LogP contribution in [0.15, 0.2) is 0 Å². The maximum Gasteiger partial charge on any atom is 0.315 e. The molecule has 1 aliphatic carbocycles. The predicted molar refractivity (Wildman–Crippen MR) is 73.6 cm³/mol. The molecule has 4 heteroatoms. The van der Waals surface area contributed by atoms with Crippen molar-refractivity contribution in [1.82, 2.24) is 16.0 Å². The molecule has 1 heterocycles. The third-order valence-corrected chi connectivity index (χ3v) is 4.16. The van der Waals surface area contributed by atoms with E-state index in [0.717, 1.165) is 19.4 Å². The molecule has 0 radical (unpaired) electrons. The lowest BCUT2D eigenvalue weighted by Crippen LogP contribution is -2.50. The minimum absolute atomic E-state index is 0.0157. The molecular formula is C14H27N3O. The van der Waals surface area contributed by atoms with Crippen LogP contribution < -0.4 is 16.0 Å². The number of amides is 2. The van der Waals surface area contributed by atoms with E-state index in [1.165, 1.54) is 38.5 Å². The lowest BCUT2D eigenvalue weighted by Gasteiger charge is -2.29. The van der Waals surface area contributed by atoms with Crippen molar-refractivity contribution in [2.24, 2.45) is 0 Å². The summed E-state index contributed by atoms with van der Waals surface area (Å²) in [5.41, 5.74) is 0. The summed E-state index contributed by atoms with van der Waals surface area (Å²) < 4.78 is 0. The van der Waals surface area contributed by atoms with Gasteiger partial charge in [-0.05, 0) is 32.6 Å². The van der Waals surface area contributed by atoms with Crippen LogP contribution in [0.2, 0.25) is 0 Å². The maximum absolute atomic E-state index is 11.8. The monoisotopic (exact) mass is 253 g/mol. The van der Waals surface area contributed by atoms with Gasteiger partial charge >= 0.3 is 6.03 Å². The van der Waals surface area contributed by atoms with Gasteiger partial charge in [0.15, 0.2) is 0 Å². The summed E-state index contributed by atoms with van der Waals surface area (Å²) in [5, 5.41) is 9.63. The highest BCUT2D eigenvalue weighted by Crippen LogP contribution is 2.17. The van der Waals surface area contributed by atoms with E-state index in [1.54, 1.807) is 0 Å². The zero-order valence-corrected chi connectivity index (χ0v) is 11.5. The number of rotatable bonds is 3. The van der Waals surface area contributed by atoms with E-state index in [2.05, 4.69) is 22.9 Å². The van der Waals surface area contributed by atoms with Gasteiger partial charge in [-0.25, -0.2) is 4.79 Å². The number of urea groups is 1. The second kappa shape index (κ2) is 6.98. The molecule has 2 rings (SSSR count). The highest BCUT2D eigenvalue weighted by Gasteiger charge is 2.19. The van der Waals surface area contributed by atoms with Crippen LogP contribution in [0.5, 0.6) is 0 Å². The summed E-state index contributed by atoms with van der Waals surface area (Å²) >= 11 is 0. The van der Waals surface area contributed by atoms with E-state index < -0.39 is 0 Å². The smallest absolute Gasteiger partial charge is 0.315 e. The Morgan fingerprint density at radius 1 is 1.11 bits per heavy atom. The van der Waals surface area contributed by atoms with Gasteiger partial charge in [-0.3, -0.25) is 0 Å². The first-order chi connectivity index (χ1) is 8.74. The van der Waals surface area contributed by atoms with Gasteiger partial charge in [0.1, 0.15) is 0 Å². The van der Waals surface area contributed by atoms with E-state index in [9.17, 15) is 4.79 Å². The molecule has 2 aliphatic rings. The molecule has 0 spiro atoms. The molecule has 18 heavy (non-hydrogen) atoms. The van der Waals surface area contributed by atoms with Crippen molar-refractivity contribution in [3.63, 3.8) is 0 Å². The van der Waals surface area contributed by atoms with Crippen LogP contribution in [0.1, 0.15) is 58.3 Å². The SMILES string of the molecule is CC1CCCC(CNC(=O)NC2CCCCC2)N1. The molecule has 2 fully saturated rings. The Hall–Kier alpha value is -0.770. The number of carbonyl (C=O) groups excluding carboxylic acids is 1. The van der Waals surface area contributed by atoms with Crippen LogP contribution in [0.3, 0.4) is 0 Å². The second-order valence-electron chi connectivity index (χ2n) is 5.88. The van der Waals surface area contributed by atoms with Crippen molar-refractivity contribution in [2.75, 3.05) is 6.54 Å². The van der Waals surface area contributed by atoms with Crippen molar-refractivity contribution in [2.45, 2.75) is 76.4 Å². The minimum Gasteiger partial charge on any atom is -0.337 e. The van der Waals surface area contributed by atoms with Gasteiger partial charge in [-0.1, -0.05) is 25.7 Å². The Morgan fingerprint density at radius 2 is 1.89 bits per heavy atom. The fraction of sp³-hybridized carbons (Fsp3) is 0.929. The van der Waals surface area contributed by atoms with E-state index in [-0.39, 0.29) is 6.03 Å². The summed E-state index contributed by atoms with van der Waals surface area (Å²) in [6, 6.07) is 1.46. The normalized spacial score (nSPS) is 29.8. The molecule has 0 aromatic heterocycles. The number of carbonyl (C=O) groups is 1. The van der Waals surface area contributed by atoms with Gasteiger partial charge in [0.2, 0.25) is 0 Å². The molecule has 3 N–H and O–H groups in total. The van der Waals surface area contributed by atoms with E-state index in [4.69, 9.17) is 0 Å². The van der Waals surface area contributed by atoms with Crippen molar-refractivity contribution < 1.29 is 4.79 Å². The lowest BCUT2D eigenvalue weighted by molar-refractivity contribution is 0.229. The van der Waals surface area contributed by atoms with E-state index in [0.29, 0.717) is 18.1 Å². The molecule has 2 unspecified atom stereocenters. The summed E-state index contributed by atoms with van der Waals surface area (Å²) in [6.07, 6.45) is 9.82. The summed E-state index contributed by atoms with van der Waals surface area (Å²) in [6.45, 7) is 2.97. The molecule has 0 bridgehead atoms. The quantitative estimate of drug-likeness (QED) is 0.722. The van der Waals surface area contributed by atoms with Crippen LogP contribution in [0, 0.1) is 0 Å². The molecule has 1 saturated carbocycles. The van der Waals surface area contributed by atoms with E-state index >= 15 is 0 Å². The van der Waals surface area contributed by atoms with Gasteiger partial charge in [0, 0.05) is 24.7 Å². The topological polar surface area (TPSA) is 53.2 Å². The zero-order chi connectivity index (χ0) is 12.8. The highest BCUT2D eigenvalue weighted by molar-refractivity contribution is 5.74. The highest BCUT2D eigenvalue weighted by atomic mass is 16.2. The van der Waals surface area contributed by atoms with Gasteiger partial charge in [-0.15, -0.1) is 0 Å². The van der Waals surface area contributed by atoms with Crippen LogP contribution >= 0.6 is 0 Å². The van der Waals surface area contributed by atoms with Crippen LogP contribution in [0.4, 0.5) is 4.79 Å².